The number of anilines is 1. The molecular weight excluding hydrogens is 368 g/mol. The zero-order valence-electron chi connectivity index (χ0n) is 16.0. The summed E-state index contributed by atoms with van der Waals surface area (Å²) in [6, 6.07) is 5.13. The average molecular weight is 399 g/mol. The van der Waals surface area contributed by atoms with Gasteiger partial charge >= 0.3 is 0 Å². The van der Waals surface area contributed by atoms with Crippen LogP contribution in [0.5, 0.6) is 0 Å². The first-order chi connectivity index (χ1) is 12.4. The molecule has 5 nitrogen and oxygen atoms in total. The summed E-state index contributed by atoms with van der Waals surface area (Å²) in [5.74, 6) is 0.865. The average Bonchev–Trinajstić information content (AvgIpc) is 2.64. The number of hydrogen-bond acceptors (Lipinski definition) is 4. The van der Waals surface area contributed by atoms with E-state index >= 15 is 0 Å². The Hall–Kier alpha value is -1.05. The lowest BCUT2D eigenvalue weighted by Gasteiger charge is -2.26. The van der Waals surface area contributed by atoms with Crippen molar-refractivity contribution in [1.82, 2.24) is 4.31 Å². The second-order valence-corrected chi connectivity index (χ2v) is 10.2. The zero-order valence-corrected chi connectivity index (χ0v) is 17.6. The Morgan fingerprint density at radius 2 is 1.96 bits per heavy atom. The Balaban J connectivity index is 2.12. The lowest BCUT2D eigenvalue weighted by atomic mass is 10.2. The molecule has 1 saturated heterocycles. The van der Waals surface area contributed by atoms with Crippen molar-refractivity contribution in [3.8, 4) is 0 Å². The molecule has 1 N–H and O–H groups in total. The number of hydrogen-bond donors (Lipinski definition) is 1. The van der Waals surface area contributed by atoms with Crippen LogP contribution < -0.4 is 5.32 Å². The Labute approximate surface area is 162 Å². The van der Waals surface area contributed by atoms with Crippen molar-refractivity contribution >= 4 is 33.4 Å². The smallest absolute Gasteiger partial charge is 0.243 e. The van der Waals surface area contributed by atoms with Gasteiger partial charge in [0, 0.05) is 18.8 Å². The van der Waals surface area contributed by atoms with Gasteiger partial charge in [-0.05, 0) is 56.6 Å². The van der Waals surface area contributed by atoms with Crippen LogP contribution in [0, 0.1) is 6.92 Å². The second kappa shape index (κ2) is 9.76. The van der Waals surface area contributed by atoms with Crippen molar-refractivity contribution in [3.05, 3.63) is 23.8 Å². The van der Waals surface area contributed by atoms with E-state index in [0.29, 0.717) is 29.2 Å². The molecule has 2 rings (SSSR count). The van der Waals surface area contributed by atoms with Crippen molar-refractivity contribution in [2.75, 3.05) is 24.2 Å². The van der Waals surface area contributed by atoms with Gasteiger partial charge in [-0.25, -0.2) is 8.42 Å². The monoisotopic (exact) mass is 398 g/mol. The maximum absolute atomic E-state index is 13.0. The van der Waals surface area contributed by atoms with Gasteiger partial charge in [-0.1, -0.05) is 25.8 Å². The molecule has 7 heteroatoms. The first-order valence-electron chi connectivity index (χ1n) is 9.39. The van der Waals surface area contributed by atoms with Crippen LogP contribution in [-0.2, 0) is 14.8 Å². The molecule has 0 saturated carbocycles. The van der Waals surface area contributed by atoms with Gasteiger partial charge < -0.3 is 5.32 Å². The zero-order chi connectivity index (χ0) is 19.2. The lowest BCUT2D eigenvalue weighted by molar-refractivity contribution is -0.115. The van der Waals surface area contributed by atoms with E-state index in [1.807, 2.05) is 6.92 Å². The molecule has 1 heterocycles. The van der Waals surface area contributed by atoms with Gasteiger partial charge in [-0.2, -0.15) is 4.31 Å². The second-order valence-electron chi connectivity index (χ2n) is 6.80. The maximum atomic E-state index is 13.0. The van der Waals surface area contributed by atoms with Gasteiger partial charge in [0.2, 0.25) is 15.9 Å². The summed E-state index contributed by atoms with van der Waals surface area (Å²) in [4.78, 5) is 12.7. The quantitative estimate of drug-likeness (QED) is 0.672. The van der Waals surface area contributed by atoms with Gasteiger partial charge in [0.25, 0.3) is 0 Å². The third-order valence-corrected chi connectivity index (χ3v) is 7.90. The number of carbonyl (C=O) groups excluding carboxylic acids is 1. The fraction of sp³-hybridized carbons (Fsp3) is 0.632. The number of sulfonamides is 1. The van der Waals surface area contributed by atoms with Crippen molar-refractivity contribution in [2.45, 2.75) is 63.0 Å². The van der Waals surface area contributed by atoms with E-state index in [-0.39, 0.29) is 11.2 Å². The summed E-state index contributed by atoms with van der Waals surface area (Å²) in [5.41, 5.74) is 1.25. The standard InChI is InChI=1S/C19H30N2O3S2/c1-4-5-13-25-16(3)19(22)20-17-10-9-15(2)18(14-17)26(23,24)21-11-7-6-8-12-21/h9-10,14,16H,4-8,11-13H2,1-3H3,(H,20,22). The minimum atomic E-state index is -3.51. The van der Waals surface area contributed by atoms with Gasteiger partial charge in [0.1, 0.15) is 0 Å². The molecule has 146 valence electrons. The van der Waals surface area contributed by atoms with Crippen LogP contribution in [0.1, 0.15) is 51.5 Å². The van der Waals surface area contributed by atoms with Crippen LogP contribution >= 0.6 is 11.8 Å². The van der Waals surface area contributed by atoms with Crippen LogP contribution in [-0.4, -0.2) is 42.7 Å². The number of rotatable bonds is 8. The van der Waals surface area contributed by atoms with Crippen molar-refractivity contribution in [2.24, 2.45) is 0 Å². The molecule has 1 fully saturated rings. The Morgan fingerprint density at radius 3 is 2.62 bits per heavy atom. The molecule has 1 unspecified atom stereocenters. The van der Waals surface area contributed by atoms with Gasteiger partial charge in [0.15, 0.2) is 0 Å². The SMILES string of the molecule is CCCCSC(C)C(=O)Nc1ccc(C)c(S(=O)(=O)N2CCCCC2)c1. The first-order valence-corrected chi connectivity index (χ1v) is 11.9. The highest BCUT2D eigenvalue weighted by molar-refractivity contribution is 8.00. The van der Waals surface area contributed by atoms with Crippen LogP contribution in [0.4, 0.5) is 5.69 Å². The molecule has 1 amide bonds. The molecule has 0 radical (unpaired) electrons. The van der Waals surface area contributed by atoms with E-state index in [4.69, 9.17) is 0 Å². The number of piperidine rings is 1. The van der Waals surface area contributed by atoms with Crippen LogP contribution in [0.3, 0.4) is 0 Å². The number of aryl methyl sites for hydroxylation is 1. The summed E-state index contributed by atoms with van der Waals surface area (Å²) in [7, 11) is -3.51. The molecule has 26 heavy (non-hydrogen) atoms. The van der Waals surface area contributed by atoms with Crippen molar-refractivity contribution < 1.29 is 13.2 Å². The molecule has 0 spiro atoms. The van der Waals surface area contributed by atoms with Crippen molar-refractivity contribution in [1.29, 1.82) is 0 Å². The molecule has 0 aliphatic carbocycles. The third-order valence-electron chi connectivity index (χ3n) is 4.62. The number of benzene rings is 1. The maximum Gasteiger partial charge on any atom is 0.243 e. The molecule has 1 aliphatic rings. The predicted molar refractivity (Wildman–Crippen MR) is 109 cm³/mol. The van der Waals surface area contributed by atoms with Crippen LogP contribution in [0.2, 0.25) is 0 Å². The summed E-state index contributed by atoms with van der Waals surface area (Å²) >= 11 is 1.63. The number of amides is 1. The predicted octanol–water partition coefficient (Wildman–Crippen LogP) is 4.03. The number of unbranched alkanes of at least 4 members (excludes halogenated alkanes) is 1. The first kappa shape index (κ1) is 21.3. The summed E-state index contributed by atoms with van der Waals surface area (Å²) < 4.78 is 27.5. The molecule has 0 aromatic heterocycles. The molecule has 1 aromatic carbocycles. The fourth-order valence-electron chi connectivity index (χ4n) is 2.92. The summed E-state index contributed by atoms with van der Waals surface area (Å²) in [5, 5.41) is 2.71. The minimum Gasteiger partial charge on any atom is -0.325 e. The third kappa shape index (κ3) is 5.47. The van der Waals surface area contributed by atoms with Crippen LogP contribution in [0.15, 0.2) is 23.1 Å². The number of nitrogens with one attached hydrogen (secondary N) is 1. The molecule has 1 aromatic rings. The van der Waals surface area contributed by atoms with E-state index in [9.17, 15) is 13.2 Å². The Kier molecular flexibility index (Phi) is 7.98. The van der Waals surface area contributed by atoms with E-state index in [1.165, 1.54) is 0 Å². The number of carbonyl (C=O) groups is 1. The molecular formula is C19H30N2O3S2. The van der Waals surface area contributed by atoms with Gasteiger partial charge in [0.05, 0.1) is 10.1 Å². The highest BCUT2D eigenvalue weighted by Gasteiger charge is 2.27. The summed E-state index contributed by atoms with van der Waals surface area (Å²) in [6.07, 6.45) is 5.08. The fourth-order valence-corrected chi connectivity index (χ4v) is 5.71. The molecule has 0 bridgehead atoms. The van der Waals surface area contributed by atoms with E-state index in [0.717, 1.165) is 37.9 Å². The molecule has 1 aliphatic heterocycles. The normalized spacial score (nSPS) is 17.0. The van der Waals surface area contributed by atoms with Crippen molar-refractivity contribution in [3.63, 3.8) is 0 Å². The molecule has 1 atom stereocenters. The lowest BCUT2D eigenvalue weighted by Crippen LogP contribution is -2.36. The largest absolute Gasteiger partial charge is 0.325 e. The van der Waals surface area contributed by atoms with Crippen LogP contribution in [0.25, 0.3) is 0 Å². The number of nitrogens with zero attached hydrogens (tertiary/aromatic N) is 1. The topological polar surface area (TPSA) is 66.5 Å². The highest BCUT2D eigenvalue weighted by Crippen LogP contribution is 2.26. The van der Waals surface area contributed by atoms with E-state index in [2.05, 4.69) is 12.2 Å². The number of thioether (sulfide) groups is 1. The van der Waals surface area contributed by atoms with E-state index in [1.54, 1.807) is 41.2 Å². The van der Waals surface area contributed by atoms with Gasteiger partial charge in [-0.3, -0.25) is 4.79 Å². The summed E-state index contributed by atoms with van der Waals surface area (Å²) in [6.45, 7) is 6.95. The Morgan fingerprint density at radius 1 is 1.27 bits per heavy atom. The van der Waals surface area contributed by atoms with E-state index < -0.39 is 10.0 Å². The highest BCUT2D eigenvalue weighted by atomic mass is 32.2. The minimum absolute atomic E-state index is 0.0868. The Bertz CT molecular complexity index is 713. The van der Waals surface area contributed by atoms with Gasteiger partial charge in [-0.15, -0.1) is 11.8 Å².